The highest BCUT2D eigenvalue weighted by Gasteiger charge is 2.49. The highest BCUT2D eigenvalue weighted by molar-refractivity contribution is 6.33. The molecule has 25 heavy (non-hydrogen) atoms. The highest BCUT2D eigenvalue weighted by atomic mass is 35.5. The highest BCUT2D eigenvalue weighted by Crippen LogP contribution is 2.43. The lowest BCUT2D eigenvalue weighted by Crippen LogP contribution is -2.64. The third-order valence-corrected chi connectivity index (χ3v) is 6.28. The van der Waals surface area contributed by atoms with Crippen LogP contribution in [0.1, 0.15) is 49.0 Å². The molecule has 1 saturated carbocycles. The van der Waals surface area contributed by atoms with Crippen LogP contribution in [0.25, 0.3) is 0 Å². The van der Waals surface area contributed by atoms with Gasteiger partial charge in [0.2, 0.25) is 0 Å². The van der Waals surface area contributed by atoms with Gasteiger partial charge in [0, 0.05) is 19.6 Å². The molecule has 2 bridgehead atoms. The summed E-state index contributed by atoms with van der Waals surface area (Å²) in [6.45, 7) is 2.96. The molecule has 0 aromatic carbocycles. The summed E-state index contributed by atoms with van der Waals surface area (Å²) in [4.78, 5) is 19.5. The number of anilines is 1. The smallest absolute Gasteiger partial charge is 0.270 e. The molecule has 136 valence electrons. The van der Waals surface area contributed by atoms with Crippen LogP contribution < -0.4 is 16.0 Å². The molecule has 1 amide bonds. The minimum absolute atomic E-state index is 0.150. The summed E-state index contributed by atoms with van der Waals surface area (Å²) in [6, 6.07) is 3.47. The number of rotatable bonds is 4. The van der Waals surface area contributed by atoms with E-state index in [1.165, 1.54) is 0 Å². The maximum absolute atomic E-state index is 12.8. The monoisotopic (exact) mass is 364 g/mol. The van der Waals surface area contributed by atoms with E-state index in [4.69, 9.17) is 22.1 Å². The quantitative estimate of drug-likeness (QED) is 0.855. The van der Waals surface area contributed by atoms with Gasteiger partial charge in [-0.05, 0) is 50.7 Å². The van der Waals surface area contributed by atoms with Crippen LogP contribution in [-0.2, 0) is 4.74 Å². The largest absolute Gasteiger partial charge is 0.371 e. The van der Waals surface area contributed by atoms with Crippen LogP contribution in [-0.4, -0.2) is 48.3 Å². The minimum Gasteiger partial charge on any atom is -0.371 e. The van der Waals surface area contributed by atoms with Gasteiger partial charge in [-0.2, -0.15) is 0 Å². The second-order valence-corrected chi connectivity index (χ2v) is 8.01. The van der Waals surface area contributed by atoms with E-state index in [0.29, 0.717) is 23.9 Å². The maximum Gasteiger partial charge on any atom is 0.270 e. The molecule has 1 aliphatic carbocycles. The summed E-state index contributed by atoms with van der Waals surface area (Å²) in [5.74, 6) is 0.567. The number of nitrogens with two attached hydrogens (primary N) is 1. The Labute approximate surface area is 153 Å². The summed E-state index contributed by atoms with van der Waals surface area (Å²) in [7, 11) is 0. The van der Waals surface area contributed by atoms with Crippen molar-refractivity contribution in [3.05, 3.63) is 22.8 Å². The normalized spacial score (nSPS) is 31.4. The number of halogens is 1. The summed E-state index contributed by atoms with van der Waals surface area (Å²) < 4.78 is 5.99. The van der Waals surface area contributed by atoms with E-state index in [1.807, 2.05) is 0 Å². The van der Waals surface area contributed by atoms with Gasteiger partial charge >= 0.3 is 0 Å². The van der Waals surface area contributed by atoms with E-state index < -0.39 is 0 Å². The van der Waals surface area contributed by atoms with Crippen molar-refractivity contribution >= 4 is 23.3 Å². The minimum atomic E-state index is -0.289. The van der Waals surface area contributed by atoms with E-state index in [1.54, 1.807) is 12.1 Å². The number of nitrogens with one attached hydrogen (secondary N) is 1. The first-order valence-corrected chi connectivity index (χ1v) is 9.51. The molecule has 5 rings (SSSR count). The number of carbonyl (C=O) groups is 1. The molecule has 6 nitrogen and oxygen atoms in total. The predicted molar refractivity (Wildman–Crippen MR) is 97.1 cm³/mol. The average molecular weight is 365 g/mol. The van der Waals surface area contributed by atoms with Crippen molar-refractivity contribution in [2.45, 2.75) is 49.7 Å². The van der Waals surface area contributed by atoms with Crippen LogP contribution in [0.3, 0.4) is 0 Å². The first kappa shape index (κ1) is 17.1. The second-order valence-electron chi connectivity index (χ2n) is 7.61. The number of ether oxygens (including phenoxy) is 1. The van der Waals surface area contributed by atoms with Crippen molar-refractivity contribution in [3.8, 4) is 0 Å². The maximum atomic E-state index is 12.8. The van der Waals surface area contributed by atoms with Crippen LogP contribution in [0, 0.1) is 0 Å². The van der Waals surface area contributed by atoms with Crippen molar-refractivity contribution < 1.29 is 9.53 Å². The Morgan fingerprint density at radius 3 is 2.60 bits per heavy atom. The lowest BCUT2D eigenvalue weighted by atomic mass is 9.71. The second kappa shape index (κ2) is 6.41. The molecule has 7 heteroatoms. The van der Waals surface area contributed by atoms with Crippen molar-refractivity contribution in [1.29, 1.82) is 0 Å². The van der Waals surface area contributed by atoms with Gasteiger partial charge in [0.05, 0.1) is 22.8 Å². The van der Waals surface area contributed by atoms with Crippen LogP contribution in [0.2, 0.25) is 5.02 Å². The fraction of sp³-hybridized carbons (Fsp3) is 0.667. The number of hydrogen-bond donors (Lipinski definition) is 2. The van der Waals surface area contributed by atoms with Gasteiger partial charge in [-0.1, -0.05) is 11.6 Å². The van der Waals surface area contributed by atoms with Crippen LogP contribution in [0.15, 0.2) is 12.1 Å². The zero-order chi connectivity index (χ0) is 17.5. The molecule has 3 aliphatic heterocycles. The van der Waals surface area contributed by atoms with E-state index in [2.05, 4.69) is 15.2 Å². The van der Waals surface area contributed by atoms with E-state index in [-0.39, 0.29) is 17.0 Å². The molecule has 4 aliphatic rings. The number of nitrogens with zero attached hydrogens (tertiary/aromatic N) is 2. The first-order chi connectivity index (χ1) is 12.0. The molecule has 0 unspecified atom stereocenters. The molecule has 0 atom stereocenters. The first-order valence-electron chi connectivity index (χ1n) is 9.13. The third-order valence-electron chi connectivity index (χ3n) is 5.99. The summed E-state index contributed by atoms with van der Waals surface area (Å²) in [5, 5.41) is 3.79. The van der Waals surface area contributed by atoms with Crippen LogP contribution >= 0.6 is 11.6 Å². The Bertz CT molecular complexity index is 651. The fourth-order valence-electron chi connectivity index (χ4n) is 4.20. The van der Waals surface area contributed by atoms with Crippen molar-refractivity contribution in [3.63, 3.8) is 0 Å². The lowest BCUT2D eigenvalue weighted by molar-refractivity contribution is -0.153. The number of carbonyl (C=O) groups excluding carboxylic acids is 1. The molecule has 3 saturated heterocycles. The van der Waals surface area contributed by atoms with Gasteiger partial charge in [-0.25, -0.2) is 4.98 Å². The predicted octanol–water partition coefficient (Wildman–Crippen LogP) is 2.11. The molecule has 1 aromatic rings. The number of aromatic nitrogens is 1. The molecule has 0 spiro atoms. The van der Waals surface area contributed by atoms with Gasteiger partial charge in [-0.3, -0.25) is 4.79 Å². The molecular formula is C18H25ClN4O2. The standard InChI is InChI=1S/C18H25ClN4O2/c19-13-3-4-14(21-15(13)23-9-1-2-10-23)16(24)22-17-5-7-18(11-20,8-6-17)25-12-17/h3-4H,1-2,5-12,20H2,(H,22,24). The van der Waals surface area contributed by atoms with Crippen molar-refractivity contribution in [1.82, 2.24) is 10.3 Å². The van der Waals surface area contributed by atoms with Crippen molar-refractivity contribution in [2.24, 2.45) is 5.73 Å². The summed E-state index contributed by atoms with van der Waals surface area (Å²) in [5.41, 5.74) is 5.82. The van der Waals surface area contributed by atoms with Gasteiger partial charge < -0.3 is 20.7 Å². The SMILES string of the molecule is NCC12CCC(NC(=O)c3ccc(Cl)c(N4CCCC4)n3)(CC1)CO2. The molecule has 0 radical (unpaired) electrons. The lowest BCUT2D eigenvalue weighted by Gasteiger charge is -2.52. The molecule has 4 fully saturated rings. The Hall–Kier alpha value is -1.37. The van der Waals surface area contributed by atoms with Gasteiger partial charge in [0.15, 0.2) is 0 Å². The topological polar surface area (TPSA) is 80.5 Å². The van der Waals surface area contributed by atoms with Crippen LogP contribution in [0.5, 0.6) is 0 Å². The van der Waals surface area contributed by atoms with E-state index >= 15 is 0 Å². The number of amides is 1. The van der Waals surface area contributed by atoms with Crippen LogP contribution in [0.4, 0.5) is 5.82 Å². The number of pyridine rings is 1. The number of hydrogen-bond acceptors (Lipinski definition) is 5. The summed E-state index contributed by atoms with van der Waals surface area (Å²) >= 11 is 6.30. The van der Waals surface area contributed by atoms with E-state index in [9.17, 15) is 4.79 Å². The molecule has 1 aromatic heterocycles. The molecular weight excluding hydrogens is 340 g/mol. The molecule has 4 heterocycles. The van der Waals surface area contributed by atoms with E-state index in [0.717, 1.165) is 57.4 Å². The third kappa shape index (κ3) is 3.11. The Kier molecular flexibility index (Phi) is 4.38. The van der Waals surface area contributed by atoms with Gasteiger partial charge in [0.1, 0.15) is 11.5 Å². The average Bonchev–Trinajstić information content (AvgIpc) is 3.18. The fourth-order valence-corrected chi connectivity index (χ4v) is 4.43. The Morgan fingerprint density at radius 2 is 2.00 bits per heavy atom. The Morgan fingerprint density at radius 1 is 1.28 bits per heavy atom. The van der Waals surface area contributed by atoms with Gasteiger partial charge in [-0.15, -0.1) is 0 Å². The molecule has 3 N–H and O–H groups in total. The Balaban J connectivity index is 1.49. The zero-order valence-electron chi connectivity index (χ0n) is 14.4. The number of fused-ring (bicyclic) bond motifs is 3. The zero-order valence-corrected chi connectivity index (χ0v) is 15.1. The summed E-state index contributed by atoms with van der Waals surface area (Å²) in [6.07, 6.45) is 5.88. The van der Waals surface area contributed by atoms with Gasteiger partial charge in [0.25, 0.3) is 5.91 Å². The van der Waals surface area contributed by atoms with Crippen molar-refractivity contribution in [2.75, 3.05) is 31.1 Å².